The molecule has 1 saturated carbocycles. The summed E-state index contributed by atoms with van der Waals surface area (Å²) in [5, 5.41) is 0.739. The zero-order valence-electron chi connectivity index (χ0n) is 13.2. The van der Waals surface area contributed by atoms with Gasteiger partial charge in [-0.3, -0.25) is 4.79 Å². The lowest BCUT2D eigenvalue weighted by Gasteiger charge is -2.28. The molecule has 118 valence electrons. The molecule has 0 spiro atoms. The zero-order valence-corrected chi connectivity index (χ0v) is 14.0. The lowest BCUT2D eigenvalue weighted by molar-refractivity contribution is -0.120. The Labute approximate surface area is 142 Å². The molecule has 0 N–H and O–H groups in total. The molecular formula is C20H20ClNO. The fourth-order valence-corrected chi connectivity index (χ4v) is 4.36. The van der Waals surface area contributed by atoms with Crippen molar-refractivity contribution in [1.82, 2.24) is 0 Å². The fraction of sp³-hybridized carbons (Fsp3) is 0.350. The van der Waals surface area contributed by atoms with Gasteiger partial charge in [-0.25, -0.2) is 0 Å². The number of hydrogen-bond donors (Lipinski definition) is 0. The van der Waals surface area contributed by atoms with Gasteiger partial charge in [0.1, 0.15) is 0 Å². The van der Waals surface area contributed by atoms with Crippen molar-refractivity contribution in [2.24, 2.45) is 11.8 Å². The first-order valence-corrected chi connectivity index (χ1v) is 8.68. The quantitative estimate of drug-likeness (QED) is 0.747. The average Bonchev–Trinajstić information content (AvgIpc) is 3.12. The van der Waals surface area contributed by atoms with Crippen LogP contribution < -0.4 is 4.90 Å². The van der Waals surface area contributed by atoms with Gasteiger partial charge in [-0.15, -0.1) is 0 Å². The largest absolute Gasteiger partial charge is 0.304 e. The zero-order chi connectivity index (χ0) is 16.0. The first-order valence-electron chi connectivity index (χ1n) is 8.30. The lowest BCUT2D eigenvalue weighted by atomic mass is 9.89. The number of carbonyl (C=O) groups excluding carboxylic acids is 1. The Morgan fingerprint density at radius 2 is 1.70 bits per heavy atom. The maximum atomic E-state index is 13.0. The average molecular weight is 326 g/mol. The van der Waals surface area contributed by atoms with Crippen LogP contribution >= 0.6 is 11.6 Å². The molecule has 4 rings (SSSR count). The van der Waals surface area contributed by atoms with Crippen molar-refractivity contribution in [2.75, 3.05) is 4.90 Å². The number of hydrogen-bond acceptors (Lipinski definition) is 1. The van der Waals surface area contributed by atoms with Crippen molar-refractivity contribution in [3.63, 3.8) is 0 Å². The smallest absolute Gasteiger partial charge is 0.231 e. The van der Waals surface area contributed by atoms with Crippen molar-refractivity contribution in [3.05, 3.63) is 64.7 Å². The molecule has 3 heteroatoms. The number of halogens is 1. The predicted molar refractivity (Wildman–Crippen MR) is 93.7 cm³/mol. The molecular weight excluding hydrogens is 306 g/mol. The molecule has 2 aromatic carbocycles. The van der Waals surface area contributed by atoms with Crippen LogP contribution in [0.3, 0.4) is 0 Å². The molecule has 3 unspecified atom stereocenters. The highest BCUT2D eigenvalue weighted by molar-refractivity contribution is 6.30. The molecule has 2 aliphatic rings. The molecule has 0 radical (unpaired) electrons. The van der Waals surface area contributed by atoms with Crippen LogP contribution in [0.15, 0.2) is 48.5 Å². The number of nitrogens with zero attached hydrogens (tertiary/aromatic N) is 1. The van der Waals surface area contributed by atoms with Gasteiger partial charge in [0.05, 0.1) is 6.04 Å². The molecule has 2 fully saturated rings. The van der Waals surface area contributed by atoms with Crippen LogP contribution in [0.2, 0.25) is 5.02 Å². The summed E-state index contributed by atoms with van der Waals surface area (Å²) in [6.45, 7) is 2.07. The fourth-order valence-electron chi connectivity index (χ4n) is 4.23. The van der Waals surface area contributed by atoms with E-state index in [1.54, 1.807) is 0 Å². The Morgan fingerprint density at radius 3 is 2.39 bits per heavy atom. The van der Waals surface area contributed by atoms with E-state index in [2.05, 4.69) is 43.3 Å². The summed E-state index contributed by atoms with van der Waals surface area (Å²) >= 11 is 6.05. The second-order valence-corrected chi connectivity index (χ2v) is 7.18. The first kappa shape index (κ1) is 14.8. The summed E-state index contributed by atoms with van der Waals surface area (Å²) in [6.07, 6.45) is 3.31. The Balaban J connectivity index is 1.79. The molecule has 2 aromatic rings. The Hall–Kier alpha value is -1.80. The second-order valence-electron chi connectivity index (χ2n) is 6.74. The van der Waals surface area contributed by atoms with Gasteiger partial charge in [0.2, 0.25) is 5.91 Å². The second kappa shape index (κ2) is 5.68. The van der Waals surface area contributed by atoms with Gasteiger partial charge in [-0.2, -0.15) is 0 Å². The molecule has 0 bridgehead atoms. The molecule has 2 nitrogen and oxygen atoms in total. The van der Waals surface area contributed by atoms with Gasteiger partial charge in [0.15, 0.2) is 0 Å². The van der Waals surface area contributed by atoms with Crippen molar-refractivity contribution < 1.29 is 4.79 Å². The lowest BCUT2D eigenvalue weighted by Crippen LogP contribution is -2.30. The molecule has 1 saturated heterocycles. The molecule has 3 atom stereocenters. The molecule has 1 heterocycles. The minimum atomic E-state index is 0.134. The number of amides is 1. The van der Waals surface area contributed by atoms with Gasteiger partial charge in [-0.05, 0) is 55.5 Å². The van der Waals surface area contributed by atoms with E-state index in [1.165, 1.54) is 11.1 Å². The highest BCUT2D eigenvalue weighted by Crippen LogP contribution is 2.51. The Bertz CT molecular complexity index is 722. The molecule has 1 amide bonds. The highest BCUT2D eigenvalue weighted by Gasteiger charge is 2.50. The number of anilines is 1. The third-order valence-corrected chi connectivity index (χ3v) is 5.58. The summed E-state index contributed by atoms with van der Waals surface area (Å²) in [6, 6.07) is 16.4. The van der Waals surface area contributed by atoms with Gasteiger partial charge >= 0.3 is 0 Å². The van der Waals surface area contributed by atoms with Gasteiger partial charge in [-0.1, -0.05) is 47.9 Å². The molecule has 23 heavy (non-hydrogen) atoms. The molecule has 1 aliphatic carbocycles. The number of carbonyl (C=O) groups is 1. The summed E-state index contributed by atoms with van der Waals surface area (Å²) in [4.78, 5) is 15.0. The Kier molecular flexibility index (Phi) is 3.65. The minimum Gasteiger partial charge on any atom is -0.304 e. The molecule has 1 aliphatic heterocycles. The number of benzene rings is 2. The number of rotatable bonds is 2. The van der Waals surface area contributed by atoms with Gasteiger partial charge in [0.25, 0.3) is 0 Å². The standard InChI is InChI=1S/C20H20ClNO/c1-13-5-11-16(12-6-13)22-19(14-7-9-15(21)10-8-14)17-3-2-4-18(17)20(22)23/h5-12,17-19H,2-4H2,1H3. The van der Waals surface area contributed by atoms with Crippen molar-refractivity contribution in [2.45, 2.75) is 32.2 Å². The van der Waals surface area contributed by atoms with Crippen LogP contribution in [-0.4, -0.2) is 5.91 Å². The van der Waals surface area contributed by atoms with E-state index in [0.29, 0.717) is 5.92 Å². The maximum Gasteiger partial charge on any atom is 0.231 e. The van der Waals surface area contributed by atoms with E-state index in [4.69, 9.17) is 11.6 Å². The third kappa shape index (κ3) is 2.46. The van der Waals surface area contributed by atoms with E-state index in [1.807, 2.05) is 17.0 Å². The van der Waals surface area contributed by atoms with Crippen LogP contribution in [0.1, 0.15) is 36.4 Å². The van der Waals surface area contributed by atoms with E-state index >= 15 is 0 Å². The third-order valence-electron chi connectivity index (χ3n) is 5.33. The SMILES string of the molecule is Cc1ccc(N2C(=O)C3CCCC3C2c2ccc(Cl)cc2)cc1. The summed E-state index contributed by atoms with van der Waals surface area (Å²) in [7, 11) is 0. The van der Waals surface area contributed by atoms with Crippen LogP contribution in [0.4, 0.5) is 5.69 Å². The van der Waals surface area contributed by atoms with E-state index in [0.717, 1.165) is 30.0 Å². The Morgan fingerprint density at radius 1 is 1.00 bits per heavy atom. The van der Waals surface area contributed by atoms with Crippen LogP contribution in [0, 0.1) is 18.8 Å². The van der Waals surface area contributed by atoms with Crippen molar-refractivity contribution >= 4 is 23.2 Å². The first-order chi connectivity index (χ1) is 11.1. The van der Waals surface area contributed by atoms with E-state index in [-0.39, 0.29) is 17.9 Å². The molecule has 0 aromatic heterocycles. The van der Waals surface area contributed by atoms with Gasteiger partial charge in [0, 0.05) is 16.6 Å². The summed E-state index contributed by atoms with van der Waals surface area (Å²) in [5.74, 6) is 0.887. The number of aryl methyl sites for hydroxylation is 1. The normalized spacial score (nSPS) is 26.6. The minimum absolute atomic E-state index is 0.134. The summed E-state index contributed by atoms with van der Waals surface area (Å²) in [5.41, 5.74) is 3.41. The van der Waals surface area contributed by atoms with E-state index in [9.17, 15) is 4.79 Å². The van der Waals surface area contributed by atoms with E-state index < -0.39 is 0 Å². The van der Waals surface area contributed by atoms with Crippen LogP contribution in [-0.2, 0) is 4.79 Å². The maximum absolute atomic E-state index is 13.0. The topological polar surface area (TPSA) is 20.3 Å². The van der Waals surface area contributed by atoms with Crippen molar-refractivity contribution in [3.8, 4) is 0 Å². The van der Waals surface area contributed by atoms with Gasteiger partial charge < -0.3 is 4.90 Å². The number of fused-ring (bicyclic) bond motifs is 1. The predicted octanol–water partition coefficient (Wildman–Crippen LogP) is 5.15. The van der Waals surface area contributed by atoms with Crippen LogP contribution in [0.25, 0.3) is 0 Å². The van der Waals surface area contributed by atoms with Crippen LogP contribution in [0.5, 0.6) is 0 Å². The van der Waals surface area contributed by atoms with Crippen molar-refractivity contribution in [1.29, 1.82) is 0 Å². The highest BCUT2D eigenvalue weighted by atomic mass is 35.5. The monoisotopic (exact) mass is 325 g/mol. The summed E-state index contributed by atoms with van der Waals surface area (Å²) < 4.78 is 0.